The summed E-state index contributed by atoms with van der Waals surface area (Å²) in [5, 5.41) is 7.00. The van der Waals surface area contributed by atoms with E-state index in [4.69, 9.17) is 4.52 Å². The van der Waals surface area contributed by atoms with Crippen LogP contribution in [0.2, 0.25) is 0 Å². The van der Waals surface area contributed by atoms with Crippen molar-refractivity contribution in [3.63, 3.8) is 0 Å². The fourth-order valence-corrected chi connectivity index (χ4v) is 2.82. The lowest BCUT2D eigenvalue weighted by atomic mass is 9.95. The van der Waals surface area contributed by atoms with Crippen molar-refractivity contribution < 1.29 is 9.32 Å². The van der Waals surface area contributed by atoms with Crippen molar-refractivity contribution in [2.75, 3.05) is 0 Å². The molecule has 6 nitrogen and oxygen atoms in total. The molecule has 1 N–H and O–H groups in total. The Balaban J connectivity index is 1.67. The van der Waals surface area contributed by atoms with Crippen molar-refractivity contribution in [3.05, 3.63) is 35.7 Å². The van der Waals surface area contributed by atoms with Gasteiger partial charge in [-0.05, 0) is 25.0 Å². The summed E-state index contributed by atoms with van der Waals surface area (Å²) in [4.78, 5) is 16.6. The summed E-state index contributed by atoms with van der Waals surface area (Å²) in [6.45, 7) is 2.20. The lowest BCUT2D eigenvalue weighted by Gasteiger charge is -2.22. The van der Waals surface area contributed by atoms with E-state index in [1.165, 1.54) is 19.3 Å². The Labute approximate surface area is 123 Å². The smallest absolute Gasteiger partial charge is 0.268 e. The van der Waals surface area contributed by atoms with Crippen LogP contribution in [0.4, 0.5) is 0 Å². The van der Waals surface area contributed by atoms with Crippen molar-refractivity contribution in [3.8, 4) is 0 Å². The number of nitrogens with one attached hydrogen (secondary N) is 1. The second-order valence-electron chi connectivity index (χ2n) is 5.56. The molecule has 1 fully saturated rings. The topological polar surface area (TPSA) is 73.0 Å². The zero-order valence-electron chi connectivity index (χ0n) is 12.2. The van der Waals surface area contributed by atoms with Crippen LogP contribution in [0, 0.1) is 6.92 Å². The van der Waals surface area contributed by atoms with E-state index in [-0.39, 0.29) is 5.91 Å². The van der Waals surface area contributed by atoms with Gasteiger partial charge in [-0.1, -0.05) is 24.4 Å². The van der Waals surface area contributed by atoms with E-state index in [2.05, 4.69) is 15.5 Å². The quantitative estimate of drug-likeness (QED) is 0.936. The van der Waals surface area contributed by atoms with Gasteiger partial charge in [0.25, 0.3) is 5.91 Å². The number of amides is 1. The van der Waals surface area contributed by atoms with Gasteiger partial charge >= 0.3 is 0 Å². The van der Waals surface area contributed by atoms with Crippen molar-refractivity contribution in [2.45, 2.75) is 51.6 Å². The number of carbonyl (C=O) groups excluding carboxylic acids is 1. The first-order chi connectivity index (χ1) is 10.2. The van der Waals surface area contributed by atoms with E-state index in [1.807, 2.05) is 22.9 Å². The van der Waals surface area contributed by atoms with Gasteiger partial charge in [0.1, 0.15) is 5.69 Å². The van der Waals surface area contributed by atoms with Crippen LogP contribution in [0.1, 0.15) is 54.3 Å². The minimum atomic E-state index is -0.0212. The second-order valence-corrected chi connectivity index (χ2v) is 5.56. The highest BCUT2D eigenvalue weighted by molar-refractivity contribution is 5.92. The van der Waals surface area contributed by atoms with Crippen LogP contribution in [0.25, 0.3) is 0 Å². The van der Waals surface area contributed by atoms with Gasteiger partial charge in [0, 0.05) is 19.2 Å². The molecule has 0 unspecified atom stereocenters. The highest BCUT2D eigenvalue weighted by atomic mass is 16.5. The van der Waals surface area contributed by atoms with Crippen LogP contribution < -0.4 is 5.32 Å². The van der Waals surface area contributed by atoms with Gasteiger partial charge in [-0.25, -0.2) is 0 Å². The summed E-state index contributed by atoms with van der Waals surface area (Å²) >= 11 is 0. The van der Waals surface area contributed by atoms with Crippen molar-refractivity contribution >= 4 is 5.91 Å². The average molecular weight is 288 g/mol. The largest absolute Gasteiger partial charge is 0.348 e. The normalized spacial score (nSPS) is 16.0. The summed E-state index contributed by atoms with van der Waals surface area (Å²) < 4.78 is 6.81. The highest BCUT2D eigenvalue weighted by Gasteiger charge is 2.19. The summed E-state index contributed by atoms with van der Waals surface area (Å²) in [6.07, 6.45) is 7.70. The third-order valence-corrected chi connectivity index (χ3v) is 3.88. The number of hydrogen-bond donors (Lipinski definition) is 1. The number of hydrogen-bond acceptors (Lipinski definition) is 4. The molecule has 2 heterocycles. The number of rotatable bonds is 4. The molecule has 1 aliphatic carbocycles. The molecule has 2 aromatic heterocycles. The first-order valence-electron chi connectivity index (χ1n) is 7.47. The number of aryl methyl sites for hydroxylation is 1. The molecule has 0 spiro atoms. The van der Waals surface area contributed by atoms with Crippen molar-refractivity contribution in [2.24, 2.45) is 0 Å². The van der Waals surface area contributed by atoms with Gasteiger partial charge in [-0.15, -0.1) is 0 Å². The number of carbonyl (C=O) groups is 1. The SMILES string of the molecule is Cc1nc(Cn2cccc2C(=O)NC2CCCCC2)no1. The van der Waals surface area contributed by atoms with E-state index in [1.54, 1.807) is 6.92 Å². The first kappa shape index (κ1) is 13.9. The van der Waals surface area contributed by atoms with Crippen LogP contribution in [-0.2, 0) is 6.54 Å². The molecule has 21 heavy (non-hydrogen) atoms. The predicted octanol–water partition coefficient (Wildman–Crippen LogP) is 2.29. The fraction of sp³-hybridized carbons (Fsp3) is 0.533. The Morgan fingerprint density at radius 1 is 1.43 bits per heavy atom. The van der Waals surface area contributed by atoms with E-state index < -0.39 is 0 Å². The van der Waals surface area contributed by atoms with E-state index in [9.17, 15) is 4.79 Å². The summed E-state index contributed by atoms with van der Waals surface area (Å²) in [7, 11) is 0. The van der Waals surface area contributed by atoms with Crippen LogP contribution in [0.5, 0.6) is 0 Å². The Morgan fingerprint density at radius 3 is 2.95 bits per heavy atom. The number of nitrogens with zero attached hydrogens (tertiary/aromatic N) is 3. The van der Waals surface area contributed by atoms with E-state index in [0.29, 0.717) is 30.0 Å². The van der Waals surface area contributed by atoms with Gasteiger partial charge in [-0.3, -0.25) is 4.79 Å². The summed E-state index contributed by atoms with van der Waals surface area (Å²) in [5.74, 6) is 1.09. The third-order valence-electron chi connectivity index (χ3n) is 3.88. The van der Waals surface area contributed by atoms with Gasteiger partial charge in [-0.2, -0.15) is 4.98 Å². The Kier molecular flexibility index (Phi) is 4.03. The minimum absolute atomic E-state index is 0.0212. The Morgan fingerprint density at radius 2 is 2.24 bits per heavy atom. The number of aromatic nitrogens is 3. The lowest BCUT2D eigenvalue weighted by molar-refractivity contribution is 0.0918. The van der Waals surface area contributed by atoms with Crippen LogP contribution in [0.3, 0.4) is 0 Å². The highest BCUT2D eigenvalue weighted by Crippen LogP contribution is 2.18. The third kappa shape index (κ3) is 3.32. The zero-order valence-corrected chi connectivity index (χ0v) is 12.2. The summed E-state index contributed by atoms with van der Waals surface area (Å²) in [5.41, 5.74) is 0.642. The zero-order chi connectivity index (χ0) is 14.7. The van der Waals surface area contributed by atoms with Crippen LogP contribution in [0.15, 0.2) is 22.9 Å². The van der Waals surface area contributed by atoms with Gasteiger partial charge in [0.2, 0.25) is 5.89 Å². The van der Waals surface area contributed by atoms with E-state index in [0.717, 1.165) is 12.8 Å². The molecule has 0 bridgehead atoms. The standard InChI is InChI=1S/C15H20N4O2/c1-11-16-14(18-21-11)10-19-9-5-8-13(19)15(20)17-12-6-3-2-4-7-12/h5,8-9,12H,2-4,6-7,10H2,1H3,(H,17,20). The Hall–Kier alpha value is -2.11. The minimum Gasteiger partial charge on any atom is -0.348 e. The van der Waals surface area contributed by atoms with Gasteiger partial charge < -0.3 is 14.4 Å². The molecule has 3 rings (SSSR count). The molecular formula is C15H20N4O2. The van der Waals surface area contributed by atoms with Crippen molar-refractivity contribution in [1.29, 1.82) is 0 Å². The monoisotopic (exact) mass is 288 g/mol. The predicted molar refractivity (Wildman–Crippen MR) is 76.9 cm³/mol. The molecule has 0 atom stereocenters. The van der Waals surface area contributed by atoms with E-state index >= 15 is 0 Å². The molecule has 0 aliphatic heterocycles. The van der Waals surface area contributed by atoms with Crippen molar-refractivity contribution in [1.82, 2.24) is 20.0 Å². The molecular weight excluding hydrogens is 268 g/mol. The molecule has 112 valence electrons. The molecule has 0 aromatic carbocycles. The molecule has 1 amide bonds. The lowest BCUT2D eigenvalue weighted by Crippen LogP contribution is -2.37. The van der Waals surface area contributed by atoms with Gasteiger partial charge in [0.15, 0.2) is 5.82 Å². The molecule has 0 radical (unpaired) electrons. The van der Waals surface area contributed by atoms with Crippen LogP contribution >= 0.6 is 0 Å². The molecule has 1 aliphatic rings. The maximum absolute atomic E-state index is 12.4. The average Bonchev–Trinajstić information content (AvgIpc) is 3.10. The maximum Gasteiger partial charge on any atom is 0.268 e. The maximum atomic E-state index is 12.4. The second kappa shape index (κ2) is 6.11. The van der Waals surface area contributed by atoms with Gasteiger partial charge in [0.05, 0.1) is 6.54 Å². The molecule has 6 heteroatoms. The first-order valence-corrected chi connectivity index (χ1v) is 7.47. The van der Waals surface area contributed by atoms with Crippen LogP contribution in [-0.4, -0.2) is 26.7 Å². The molecule has 1 saturated carbocycles. The fourth-order valence-electron chi connectivity index (χ4n) is 2.82. The summed E-state index contributed by atoms with van der Waals surface area (Å²) in [6, 6.07) is 4.00. The molecule has 2 aromatic rings. The molecule has 0 saturated heterocycles. The Bertz CT molecular complexity index is 611.